The van der Waals surface area contributed by atoms with Crippen LogP contribution in [0.5, 0.6) is 5.75 Å². The van der Waals surface area contributed by atoms with Gasteiger partial charge in [-0.3, -0.25) is 4.79 Å². The number of benzene rings is 1. The van der Waals surface area contributed by atoms with Crippen LogP contribution in [-0.2, 0) is 11.2 Å². The number of nitrogens with one attached hydrogen (secondary N) is 1. The zero-order valence-electron chi connectivity index (χ0n) is 10.8. The summed E-state index contributed by atoms with van der Waals surface area (Å²) in [6, 6.07) is 5.59. The van der Waals surface area contributed by atoms with E-state index in [1.54, 1.807) is 7.11 Å². The summed E-state index contributed by atoms with van der Waals surface area (Å²) in [4.78, 5) is 11.5. The van der Waals surface area contributed by atoms with Crippen LogP contribution in [0.25, 0.3) is 11.0 Å². The van der Waals surface area contributed by atoms with Crippen LogP contribution in [0.3, 0.4) is 0 Å². The van der Waals surface area contributed by atoms with Crippen molar-refractivity contribution in [1.29, 1.82) is 0 Å². The van der Waals surface area contributed by atoms with Gasteiger partial charge in [0.2, 0.25) is 5.91 Å². The number of aromatic nitrogens is 1. The van der Waals surface area contributed by atoms with Gasteiger partial charge in [0.15, 0.2) is 5.58 Å². The molecular weight excluding hydrogens is 244 g/mol. The Morgan fingerprint density at radius 2 is 2.37 bits per heavy atom. The monoisotopic (exact) mass is 260 g/mol. The zero-order chi connectivity index (χ0) is 13.2. The lowest BCUT2D eigenvalue weighted by atomic mass is 10.1. The topological polar surface area (TPSA) is 64.4 Å². The summed E-state index contributed by atoms with van der Waals surface area (Å²) in [5.74, 6) is 1.18. The standard InChI is InChI=1S/C14H16N2O3/c1-18-10-4-5-13-11(8-10)12(16-19-13)6-7-15-14(17)9-2-3-9/h4-5,8-9H,2-3,6-7H2,1H3,(H,15,17). The number of ether oxygens (including phenoxy) is 1. The van der Waals surface area contributed by atoms with Crippen LogP contribution in [-0.4, -0.2) is 24.7 Å². The molecule has 3 rings (SSSR count). The van der Waals surface area contributed by atoms with Crippen molar-refractivity contribution in [2.45, 2.75) is 19.3 Å². The third-order valence-electron chi connectivity index (χ3n) is 3.36. The highest BCUT2D eigenvalue weighted by Gasteiger charge is 2.29. The van der Waals surface area contributed by atoms with Gasteiger partial charge in [-0.25, -0.2) is 0 Å². The maximum atomic E-state index is 11.5. The van der Waals surface area contributed by atoms with E-state index in [0.29, 0.717) is 13.0 Å². The maximum Gasteiger partial charge on any atom is 0.223 e. The van der Waals surface area contributed by atoms with Gasteiger partial charge in [-0.05, 0) is 31.0 Å². The Hall–Kier alpha value is -2.04. The Kier molecular flexibility index (Phi) is 3.11. The van der Waals surface area contributed by atoms with Crippen molar-refractivity contribution in [1.82, 2.24) is 10.5 Å². The number of hydrogen-bond donors (Lipinski definition) is 1. The fourth-order valence-electron chi connectivity index (χ4n) is 2.07. The second-order valence-corrected chi connectivity index (χ2v) is 4.81. The molecule has 1 aliphatic carbocycles. The Morgan fingerprint density at radius 3 is 3.11 bits per heavy atom. The molecule has 2 aromatic rings. The van der Waals surface area contributed by atoms with E-state index in [0.717, 1.165) is 35.3 Å². The van der Waals surface area contributed by atoms with E-state index in [9.17, 15) is 4.79 Å². The van der Waals surface area contributed by atoms with Crippen LogP contribution in [0, 0.1) is 5.92 Å². The highest BCUT2D eigenvalue weighted by Crippen LogP contribution is 2.28. The molecule has 1 N–H and O–H groups in total. The molecule has 0 radical (unpaired) electrons. The molecule has 19 heavy (non-hydrogen) atoms. The molecule has 1 amide bonds. The fraction of sp³-hybridized carbons (Fsp3) is 0.429. The third-order valence-corrected chi connectivity index (χ3v) is 3.36. The number of nitrogens with zero attached hydrogens (tertiary/aromatic N) is 1. The molecule has 0 spiro atoms. The first kappa shape index (κ1) is 12.0. The van der Waals surface area contributed by atoms with Crippen LogP contribution in [0.4, 0.5) is 0 Å². The summed E-state index contributed by atoms with van der Waals surface area (Å²) in [5, 5.41) is 7.91. The van der Waals surface area contributed by atoms with Crippen molar-refractivity contribution in [2.24, 2.45) is 5.92 Å². The number of carbonyl (C=O) groups is 1. The minimum absolute atomic E-state index is 0.158. The largest absolute Gasteiger partial charge is 0.497 e. The molecule has 1 saturated carbocycles. The van der Waals surface area contributed by atoms with E-state index in [2.05, 4.69) is 10.5 Å². The third kappa shape index (κ3) is 2.54. The highest BCUT2D eigenvalue weighted by atomic mass is 16.5. The van der Waals surface area contributed by atoms with E-state index in [1.165, 1.54) is 0 Å². The lowest BCUT2D eigenvalue weighted by Crippen LogP contribution is -2.27. The quantitative estimate of drug-likeness (QED) is 0.891. The van der Waals surface area contributed by atoms with Crippen LogP contribution in [0.1, 0.15) is 18.5 Å². The van der Waals surface area contributed by atoms with Crippen molar-refractivity contribution < 1.29 is 14.1 Å². The Labute approximate surface area is 110 Å². The minimum Gasteiger partial charge on any atom is -0.497 e. The fourth-order valence-corrected chi connectivity index (χ4v) is 2.07. The van der Waals surface area contributed by atoms with Gasteiger partial charge in [-0.2, -0.15) is 0 Å². The van der Waals surface area contributed by atoms with E-state index >= 15 is 0 Å². The molecule has 1 aliphatic rings. The Morgan fingerprint density at radius 1 is 1.53 bits per heavy atom. The van der Waals surface area contributed by atoms with Gasteiger partial charge in [-0.1, -0.05) is 5.16 Å². The predicted octanol–water partition coefficient (Wildman–Crippen LogP) is 1.91. The Balaban J connectivity index is 1.67. The molecular formula is C14H16N2O3. The highest BCUT2D eigenvalue weighted by molar-refractivity contribution is 5.82. The SMILES string of the molecule is COc1ccc2onc(CCNC(=O)C3CC3)c2c1. The molecule has 5 heteroatoms. The number of rotatable bonds is 5. The van der Waals surface area contributed by atoms with Crippen LogP contribution < -0.4 is 10.1 Å². The average Bonchev–Trinajstić information content (AvgIpc) is 3.21. The molecule has 1 heterocycles. The van der Waals surface area contributed by atoms with Gasteiger partial charge >= 0.3 is 0 Å². The number of carbonyl (C=O) groups excluding carboxylic acids is 1. The number of methoxy groups -OCH3 is 1. The van der Waals surface area contributed by atoms with Gasteiger partial charge in [0, 0.05) is 24.3 Å². The lowest BCUT2D eigenvalue weighted by molar-refractivity contribution is -0.122. The normalized spacial score (nSPS) is 14.6. The summed E-state index contributed by atoms with van der Waals surface area (Å²) >= 11 is 0. The van der Waals surface area contributed by atoms with Crippen molar-refractivity contribution in [3.63, 3.8) is 0 Å². The number of fused-ring (bicyclic) bond motifs is 1. The lowest BCUT2D eigenvalue weighted by Gasteiger charge is -2.02. The van der Waals surface area contributed by atoms with Gasteiger partial charge in [-0.15, -0.1) is 0 Å². The summed E-state index contributed by atoms with van der Waals surface area (Å²) < 4.78 is 10.4. The van der Waals surface area contributed by atoms with Crippen molar-refractivity contribution >= 4 is 16.9 Å². The van der Waals surface area contributed by atoms with Crippen molar-refractivity contribution in [3.05, 3.63) is 23.9 Å². The molecule has 1 fully saturated rings. The van der Waals surface area contributed by atoms with E-state index < -0.39 is 0 Å². The molecule has 0 atom stereocenters. The molecule has 0 bridgehead atoms. The number of amides is 1. The van der Waals surface area contributed by atoms with Gasteiger partial charge < -0.3 is 14.6 Å². The minimum atomic E-state index is 0.158. The molecule has 0 saturated heterocycles. The second kappa shape index (κ2) is 4.91. The first-order valence-electron chi connectivity index (χ1n) is 6.48. The van der Waals surface area contributed by atoms with E-state index in [1.807, 2.05) is 18.2 Å². The molecule has 1 aromatic carbocycles. The first-order chi connectivity index (χ1) is 9.28. The van der Waals surface area contributed by atoms with Crippen LogP contribution >= 0.6 is 0 Å². The van der Waals surface area contributed by atoms with E-state index in [4.69, 9.17) is 9.26 Å². The molecule has 1 aromatic heterocycles. The summed E-state index contributed by atoms with van der Waals surface area (Å²) in [6.07, 6.45) is 2.71. The Bertz CT molecular complexity index is 602. The molecule has 0 aliphatic heterocycles. The first-order valence-corrected chi connectivity index (χ1v) is 6.48. The average molecular weight is 260 g/mol. The van der Waals surface area contributed by atoms with Crippen LogP contribution in [0.15, 0.2) is 22.7 Å². The molecule has 0 unspecified atom stereocenters. The summed E-state index contributed by atoms with van der Waals surface area (Å²) in [5.41, 5.74) is 1.59. The van der Waals surface area contributed by atoms with E-state index in [-0.39, 0.29) is 11.8 Å². The molecule has 5 nitrogen and oxygen atoms in total. The summed E-state index contributed by atoms with van der Waals surface area (Å²) in [6.45, 7) is 0.591. The number of hydrogen-bond acceptors (Lipinski definition) is 4. The van der Waals surface area contributed by atoms with Gasteiger partial charge in [0.25, 0.3) is 0 Å². The smallest absolute Gasteiger partial charge is 0.223 e. The van der Waals surface area contributed by atoms with Gasteiger partial charge in [0.05, 0.1) is 12.8 Å². The van der Waals surface area contributed by atoms with Gasteiger partial charge in [0.1, 0.15) is 5.75 Å². The van der Waals surface area contributed by atoms with Crippen molar-refractivity contribution in [3.8, 4) is 5.75 Å². The van der Waals surface area contributed by atoms with Crippen LogP contribution in [0.2, 0.25) is 0 Å². The summed E-state index contributed by atoms with van der Waals surface area (Å²) in [7, 11) is 1.63. The maximum absolute atomic E-state index is 11.5. The second-order valence-electron chi connectivity index (χ2n) is 4.81. The van der Waals surface area contributed by atoms with Crippen molar-refractivity contribution in [2.75, 3.05) is 13.7 Å². The zero-order valence-corrected chi connectivity index (χ0v) is 10.8. The molecule has 100 valence electrons. The predicted molar refractivity (Wildman–Crippen MR) is 70.0 cm³/mol.